The van der Waals surface area contributed by atoms with Crippen molar-refractivity contribution >= 4 is 34.5 Å². The number of benzene rings is 1. The van der Waals surface area contributed by atoms with Gasteiger partial charge in [0.05, 0.1) is 17.1 Å². The van der Waals surface area contributed by atoms with Crippen molar-refractivity contribution in [3.05, 3.63) is 29.4 Å². The Kier molecular flexibility index (Phi) is 4.49. The number of hydrogen-bond donors (Lipinski definition) is 1. The summed E-state index contributed by atoms with van der Waals surface area (Å²) in [4.78, 5) is 23.0. The van der Waals surface area contributed by atoms with Crippen LogP contribution in [0.15, 0.2) is 24.3 Å². The SMILES string of the molecule is CC(C)(C)OC(=O)N[C@H]1CCN(c2nc3ccccc3nc2Cl)C1. The maximum atomic E-state index is 11.9. The van der Waals surface area contributed by atoms with Gasteiger partial charge in [-0.1, -0.05) is 23.7 Å². The number of anilines is 1. The molecule has 0 bridgehead atoms. The number of carbonyl (C=O) groups excluding carboxylic acids is 1. The number of aromatic nitrogens is 2. The van der Waals surface area contributed by atoms with Gasteiger partial charge in [0.2, 0.25) is 0 Å². The molecule has 3 rings (SSSR count). The van der Waals surface area contributed by atoms with Crippen molar-refractivity contribution < 1.29 is 9.53 Å². The molecule has 2 heterocycles. The van der Waals surface area contributed by atoms with Crippen molar-refractivity contribution in [1.82, 2.24) is 15.3 Å². The van der Waals surface area contributed by atoms with Crippen LogP contribution in [0.25, 0.3) is 11.0 Å². The van der Waals surface area contributed by atoms with E-state index in [9.17, 15) is 4.79 Å². The Bertz CT molecular complexity index is 760. The number of nitrogens with zero attached hydrogens (tertiary/aromatic N) is 3. The van der Waals surface area contributed by atoms with Gasteiger partial charge >= 0.3 is 6.09 Å². The van der Waals surface area contributed by atoms with Gasteiger partial charge in [0, 0.05) is 13.1 Å². The molecular weight excluding hydrogens is 328 g/mol. The van der Waals surface area contributed by atoms with E-state index in [0.717, 1.165) is 24.0 Å². The lowest BCUT2D eigenvalue weighted by Crippen LogP contribution is -2.40. The number of ether oxygens (including phenoxy) is 1. The summed E-state index contributed by atoms with van der Waals surface area (Å²) in [5.41, 5.74) is 1.07. The fourth-order valence-corrected chi connectivity index (χ4v) is 2.97. The molecule has 1 atom stereocenters. The molecule has 0 saturated carbocycles. The Balaban J connectivity index is 1.69. The molecular formula is C17H21ClN4O2. The number of amides is 1. The minimum atomic E-state index is -0.504. The zero-order valence-electron chi connectivity index (χ0n) is 14.0. The normalized spacial score (nSPS) is 18.0. The molecule has 2 aromatic rings. The largest absolute Gasteiger partial charge is 0.444 e. The number of rotatable bonds is 2. The second-order valence-corrected chi connectivity index (χ2v) is 7.26. The van der Waals surface area contributed by atoms with Crippen molar-refractivity contribution in [3.63, 3.8) is 0 Å². The highest BCUT2D eigenvalue weighted by Crippen LogP contribution is 2.27. The van der Waals surface area contributed by atoms with Crippen molar-refractivity contribution in [2.24, 2.45) is 0 Å². The second kappa shape index (κ2) is 6.43. The number of nitrogens with one attached hydrogen (secondary N) is 1. The van der Waals surface area contributed by atoms with Crippen LogP contribution in [0.1, 0.15) is 27.2 Å². The Labute approximate surface area is 146 Å². The summed E-state index contributed by atoms with van der Waals surface area (Å²) in [5, 5.41) is 3.28. The highest BCUT2D eigenvalue weighted by atomic mass is 35.5. The van der Waals surface area contributed by atoms with Crippen molar-refractivity contribution in [2.45, 2.75) is 38.8 Å². The van der Waals surface area contributed by atoms with E-state index in [0.29, 0.717) is 17.5 Å². The van der Waals surface area contributed by atoms with Crippen LogP contribution in [0.4, 0.5) is 10.6 Å². The Hall–Kier alpha value is -2.08. The first-order valence-electron chi connectivity index (χ1n) is 7.98. The van der Waals surface area contributed by atoms with Crippen LogP contribution >= 0.6 is 11.6 Å². The molecule has 24 heavy (non-hydrogen) atoms. The van der Waals surface area contributed by atoms with Gasteiger partial charge in [-0.25, -0.2) is 14.8 Å². The van der Waals surface area contributed by atoms with Crippen LogP contribution in [-0.4, -0.2) is 40.8 Å². The lowest BCUT2D eigenvalue weighted by atomic mass is 10.2. The number of para-hydroxylation sites is 2. The predicted molar refractivity (Wildman–Crippen MR) is 94.5 cm³/mol. The van der Waals surface area contributed by atoms with Crippen LogP contribution in [0.5, 0.6) is 0 Å². The van der Waals surface area contributed by atoms with Gasteiger partial charge in [0.15, 0.2) is 11.0 Å². The van der Waals surface area contributed by atoms with Gasteiger partial charge in [-0.3, -0.25) is 0 Å². The molecule has 1 amide bonds. The molecule has 1 aromatic carbocycles. The van der Waals surface area contributed by atoms with Gasteiger partial charge in [0.1, 0.15) is 5.60 Å². The lowest BCUT2D eigenvalue weighted by Gasteiger charge is -2.22. The van der Waals surface area contributed by atoms with Gasteiger partial charge in [0.25, 0.3) is 0 Å². The van der Waals surface area contributed by atoms with E-state index in [2.05, 4.69) is 15.3 Å². The van der Waals surface area contributed by atoms with E-state index in [1.54, 1.807) is 0 Å². The zero-order valence-corrected chi connectivity index (χ0v) is 14.8. The molecule has 6 nitrogen and oxygen atoms in total. The molecule has 0 radical (unpaired) electrons. The molecule has 1 saturated heterocycles. The third-order valence-electron chi connectivity index (χ3n) is 3.72. The zero-order chi connectivity index (χ0) is 17.3. The van der Waals surface area contributed by atoms with E-state index in [1.807, 2.05) is 49.9 Å². The van der Waals surface area contributed by atoms with Crippen LogP contribution < -0.4 is 10.2 Å². The smallest absolute Gasteiger partial charge is 0.407 e. The fourth-order valence-electron chi connectivity index (χ4n) is 2.72. The summed E-state index contributed by atoms with van der Waals surface area (Å²) in [6, 6.07) is 7.63. The molecule has 7 heteroatoms. The predicted octanol–water partition coefficient (Wildman–Crippen LogP) is 3.39. The van der Waals surface area contributed by atoms with E-state index in [1.165, 1.54) is 0 Å². The molecule has 1 aliphatic heterocycles. The van der Waals surface area contributed by atoms with Crippen LogP contribution in [0, 0.1) is 0 Å². The summed E-state index contributed by atoms with van der Waals surface area (Å²) >= 11 is 6.30. The van der Waals surface area contributed by atoms with E-state index in [-0.39, 0.29) is 6.04 Å². The summed E-state index contributed by atoms with van der Waals surface area (Å²) < 4.78 is 5.30. The second-order valence-electron chi connectivity index (χ2n) is 6.90. The van der Waals surface area contributed by atoms with E-state index >= 15 is 0 Å². The minimum Gasteiger partial charge on any atom is -0.444 e. The molecule has 0 unspecified atom stereocenters. The average Bonchev–Trinajstić information content (AvgIpc) is 2.92. The number of fused-ring (bicyclic) bond motifs is 1. The summed E-state index contributed by atoms with van der Waals surface area (Å²) in [6.45, 7) is 6.92. The summed E-state index contributed by atoms with van der Waals surface area (Å²) in [6.07, 6.45) is 0.411. The standard InChI is InChI=1S/C17H21ClN4O2/c1-17(2,3)24-16(23)19-11-8-9-22(10-11)15-14(18)20-12-6-4-5-7-13(12)21-15/h4-7,11H,8-10H2,1-3H3,(H,19,23)/t11-/m0/s1. The van der Waals surface area contributed by atoms with Crippen molar-refractivity contribution in [3.8, 4) is 0 Å². The molecule has 1 N–H and O–H groups in total. The number of carbonyl (C=O) groups is 1. The highest BCUT2D eigenvalue weighted by Gasteiger charge is 2.28. The van der Waals surface area contributed by atoms with Crippen LogP contribution in [0.2, 0.25) is 5.15 Å². The first-order valence-corrected chi connectivity index (χ1v) is 8.36. The maximum Gasteiger partial charge on any atom is 0.407 e. The summed E-state index contributed by atoms with van der Waals surface area (Å²) in [7, 11) is 0. The number of alkyl carbamates (subject to hydrolysis) is 1. The molecule has 0 spiro atoms. The maximum absolute atomic E-state index is 11.9. The minimum absolute atomic E-state index is 0.00388. The Morgan fingerprint density at radius 2 is 1.96 bits per heavy atom. The van der Waals surface area contributed by atoms with Crippen LogP contribution in [0.3, 0.4) is 0 Å². The first kappa shape index (κ1) is 16.8. The Morgan fingerprint density at radius 3 is 2.62 bits per heavy atom. The van der Waals surface area contributed by atoms with E-state index in [4.69, 9.17) is 16.3 Å². The average molecular weight is 349 g/mol. The topological polar surface area (TPSA) is 67.3 Å². The van der Waals surface area contributed by atoms with Gasteiger partial charge in [-0.2, -0.15) is 0 Å². The molecule has 1 fully saturated rings. The van der Waals surface area contributed by atoms with Crippen LogP contribution in [-0.2, 0) is 4.74 Å². The quantitative estimate of drug-likeness (QED) is 0.901. The van der Waals surface area contributed by atoms with Gasteiger partial charge in [-0.15, -0.1) is 0 Å². The monoisotopic (exact) mass is 348 g/mol. The third kappa shape index (κ3) is 3.87. The van der Waals surface area contributed by atoms with Gasteiger partial charge < -0.3 is 15.0 Å². The lowest BCUT2D eigenvalue weighted by molar-refractivity contribution is 0.0509. The van der Waals surface area contributed by atoms with Crippen molar-refractivity contribution in [2.75, 3.05) is 18.0 Å². The molecule has 1 aliphatic rings. The molecule has 0 aliphatic carbocycles. The number of hydrogen-bond acceptors (Lipinski definition) is 5. The Morgan fingerprint density at radius 1 is 1.29 bits per heavy atom. The summed E-state index contributed by atoms with van der Waals surface area (Å²) in [5.74, 6) is 0.656. The first-order chi connectivity index (χ1) is 11.3. The van der Waals surface area contributed by atoms with Crippen molar-refractivity contribution in [1.29, 1.82) is 0 Å². The highest BCUT2D eigenvalue weighted by molar-refractivity contribution is 6.32. The fraction of sp³-hybridized carbons (Fsp3) is 0.471. The third-order valence-corrected chi connectivity index (χ3v) is 3.97. The molecule has 128 valence electrons. The molecule has 1 aromatic heterocycles. The van der Waals surface area contributed by atoms with E-state index < -0.39 is 11.7 Å². The van der Waals surface area contributed by atoms with Gasteiger partial charge in [-0.05, 0) is 39.3 Å². The number of halogens is 1.